The molecule has 0 amide bonds. The summed E-state index contributed by atoms with van der Waals surface area (Å²) >= 11 is 0. The fourth-order valence-electron chi connectivity index (χ4n) is 0.463. The van der Waals surface area contributed by atoms with Crippen LogP contribution in [-0.4, -0.2) is 28.3 Å². The predicted molar refractivity (Wildman–Crippen MR) is 36.4 cm³/mol. The van der Waals surface area contributed by atoms with E-state index in [-0.39, 0.29) is 0 Å². The molecule has 0 saturated heterocycles. The van der Waals surface area contributed by atoms with E-state index in [1.165, 1.54) is 6.08 Å². The average Bonchev–Trinajstić information content (AvgIpc) is 1.87. The van der Waals surface area contributed by atoms with Crippen LogP contribution in [0.1, 0.15) is 6.92 Å². The van der Waals surface area contributed by atoms with Crippen LogP contribution in [0.3, 0.4) is 0 Å². The van der Waals surface area contributed by atoms with Crippen LogP contribution < -0.4 is 5.73 Å². The third-order valence-corrected chi connectivity index (χ3v) is 1.04. The number of aliphatic hydroxyl groups is 1. The molecule has 0 bridgehead atoms. The van der Waals surface area contributed by atoms with E-state index in [9.17, 15) is 4.79 Å². The van der Waals surface area contributed by atoms with E-state index in [1.54, 1.807) is 13.0 Å². The second-order valence-corrected chi connectivity index (χ2v) is 1.88. The maximum Gasteiger partial charge on any atom is 0.323 e. The number of rotatable bonds is 3. The number of nitrogens with two attached hydrogens (primary N) is 1. The van der Waals surface area contributed by atoms with E-state index in [0.29, 0.717) is 0 Å². The van der Waals surface area contributed by atoms with Crippen LogP contribution in [0, 0.1) is 0 Å². The molecule has 0 aliphatic carbocycles. The summed E-state index contributed by atoms with van der Waals surface area (Å²) in [5, 5.41) is 17.2. The Kier molecular flexibility index (Phi) is 3.68. The molecule has 2 atom stereocenters. The summed E-state index contributed by atoms with van der Waals surface area (Å²) in [6.45, 7) is 1.68. The molecule has 4 N–H and O–H groups in total. The summed E-state index contributed by atoms with van der Waals surface area (Å²) < 4.78 is 0. The number of allylic oxidation sites excluding steroid dienone is 1. The molecule has 0 radical (unpaired) electrons. The Morgan fingerprint density at radius 3 is 2.50 bits per heavy atom. The van der Waals surface area contributed by atoms with Crippen molar-refractivity contribution in [2.75, 3.05) is 0 Å². The Morgan fingerprint density at radius 1 is 1.70 bits per heavy atom. The Bertz CT molecular complexity index is 144. The standard InChI is InChI=1S/C6H11NO3/c1-2-3-4(8)5(7)6(9)10/h2-5,8H,7H2,1H3,(H,9,10)/b3-2+/t4-,5-/m1/s1. The summed E-state index contributed by atoms with van der Waals surface area (Å²) in [5.41, 5.74) is 5.05. The number of carboxylic acid groups (broad SMARTS) is 1. The predicted octanol–water partition coefficient (Wildman–Crippen LogP) is -0.665. The minimum absolute atomic E-state index is 1.09. The molecule has 0 rings (SSSR count). The number of aliphatic carboxylic acids is 1. The zero-order chi connectivity index (χ0) is 8.15. The highest BCUT2D eigenvalue weighted by molar-refractivity contribution is 5.74. The van der Waals surface area contributed by atoms with Crippen LogP contribution in [0.15, 0.2) is 12.2 Å². The fourth-order valence-corrected chi connectivity index (χ4v) is 0.463. The molecule has 0 heterocycles. The Balaban J connectivity index is 3.93. The number of carbonyl (C=O) groups is 1. The first-order valence-electron chi connectivity index (χ1n) is 2.89. The van der Waals surface area contributed by atoms with E-state index in [1.807, 2.05) is 0 Å². The lowest BCUT2D eigenvalue weighted by Crippen LogP contribution is -2.40. The molecule has 4 heteroatoms. The monoisotopic (exact) mass is 145 g/mol. The van der Waals surface area contributed by atoms with Crippen molar-refractivity contribution in [2.24, 2.45) is 5.73 Å². The SMILES string of the molecule is C/C=C/[C@@H](O)[C@@H](N)C(=O)O. The van der Waals surface area contributed by atoms with Gasteiger partial charge in [-0.05, 0) is 6.92 Å². The second-order valence-electron chi connectivity index (χ2n) is 1.88. The van der Waals surface area contributed by atoms with E-state index >= 15 is 0 Å². The van der Waals surface area contributed by atoms with Crippen LogP contribution in [0.5, 0.6) is 0 Å². The molecule has 4 nitrogen and oxygen atoms in total. The molecule has 0 fully saturated rings. The Morgan fingerprint density at radius 2 is 2.20 bits per heavy atom. The number of hydrogen-bond donors (Lipinski definition) is 3. The van der Waals surface area contributed by atoms with E-state index in [4.69, 9.17) is 15.9 Å². The van der Waals surface area contributed by atoms with Gasteiger partial charge >= 0.3 is 5.97 Å². The van der Waals surface area contributed by atoms with Gasteiger partial charge in [-0.2, -0.15) is 0 Å². The van der Waals surface area contributed by atoms with Crippen molar-refractivity contribution < 1.29 is 15.0 Å². The molecule has 0 aromatic heterocycles. The van der Waals surface area contributed by atoms with Crippen molar-refractivity contribution in [2.45, 2.75) is 19.1 Å². The van der Waals surface area contributed by atoms with Crippen molar-refractivity contribution in [3.63, 3.8) is 0 Å². The molecule has 0 aliphatic rings. The highest BCUT2D eigenvalue weighted by Crippen LogP contribution is 1.91. The van der Waals surface area contributed by atoms with Gasteiger partial charge in [0.15, 0.2) is 0 Å². The maximum atomic E-state index is 10.1. The Labute approximate surface area is 59.0 Å². The van der Waals surface area contributed by atoms with Gasteiger partial charge < -0.3 is 15.9 Å². The largest absolute Gasteiger partial charge is 0.480 e. The first-order valence-corrected chi connectivity index (χ1v) is 2.89. The van der Waals surface area contributed by atoms with Crippen LogP contribution >= 0.6 is 0 Å². The average molecular weight is 145 g/mol. The zero-order valence-corrected chi connectivity index (χ0v) is 5.69. The molecule has 0 aromatic rings. The van der Waals surface area contributed by atoms with E-state index in [2.05, 4.69) is 0 Å². The third-order valence-electron chi connectivity index (χ3n) is 1.04. The molecule has 0 spiro atoms. The lowest BCUT2D eigenvalue weighted by atomic mass is 10.1. The minimum atomic E-state index is -1.23. The fraction of sp³-hybridized carbons (Fsp3) is 0.500. The number of carboxylic acids is 1. The summed E-state index contributed by atoms with van der Waals surface area (Å²) in [7, 11) is 0. The van der Waals surface area contributed by atoms with Crippen molar-refractivity contribution in [3.8, 4) is 0 Å². The molecule has 0 unspecified atom stereocenters. The first kappa shape index (κ1) is 9.13. The molecule has 10 heavy (non-hydrogen) atoms. The van der Waals surface area contributed by atoms with Crippen LogP contribution in [0.2, 0.25) is 0 Å². The second kappa shape index (κ2) is 4.03. The van der Waals surface area contributed by atoms with E-state index < -0.39 is 18.1 Å². The summed E-state index contributed by atoms with van der Waals surface area (Å²) in [4.78, 5) is 10.1. The van der Waals surface area contributed by atoms with Crippen molar-refractivity contribution in [1.29, 1.82) is 0 Å². The zero-order valence-electron chi connectivity index (χ0n) is 5.69. The lowest BCUT2D eigenvalue weighted by molar-refractivity contribution is -0.140. The molecule has 0 aromatic carbocycles. The van der Waals surface area contributed by atoms with Crippen molar-refractivity contribution in [3.05, 3.63) is 12.2 Å². The highest BCUT2D eigenvalue weighted by Gasteiger charge is 2.18. The molecular weight excluding hydrogens is 134 g/mol. The Hall–Kier alpha value is -0.870. The molecule has 0 aliphatic heterocycles. The number of hydrogen-bond acceptors (Lipinski definition) is 3. The van der Waals surface area contributed by atoms with E-state index in [0.717, 1.165) is 0 Å². The smallest absolute Gasteiger partial charge is 0.323 e. The highest BCUT2D eigenvalue weighted by atomic mass is 16.4. The van der Waals surface area contributed by atoms with Crippen molar-refractivity contribution >= 4 is 5.97 Å². The summed E-state index contributed by atoms with van der Waals surface area (Å²) in [5.74, 6) is -1.20. The summed E-state index contributed by atoms with van der Waals surface area (Å²) in [6.07, 6.45) is 1.79. The van der Waals surface area contributed by atoms with Crippen LogP contribution in [0.25, 0.3) is 0 Å². The van der Waals surface area contributed by atoms with Gasteiger partial charge in [-0.1, -0.05) is 12.2 Å². The topological polar surface area (TPSA) is 83.5 Å². The van der Waals surface area contributed by atoms with Crippen LogP contribution in [-0.2, 0) is 4.79 Å². The van der Waals surface area contributed by atoms with Crippen molar-refractivity contribution in [1.82, 2.24) is 0 Å². The molecular formula is C6H11NO3. The van der Waals surface area contributed by atoms with Gasteiger partial charge in [0, 0.05) is 0 Å². The normalized spacial score (nSPS) is 17.1. The van der Waals surface area contributed by atoms with Crippen LogP contribution in [0.4, 0.5) is 0 Å². The summed E-state index contributed by atoms with van der Waals surface area (Å²) in [6, 6.07) is -1.23. The third kappa shape index (κ3) is 2.61. The van der Waals surface area contributed by atoms with Gasteiger partial charge in [0.2, 0.25) is 0 Å². The van der Waals surface area contributed by atoms with Gasteiger partial charge in [-0.25, -0.2) is 0 Å². The minimum Gasteiger partial charge on any atom is -0.480 e. The van der Waals surface area contributed by atoms with Gasteiger partial charge in [-0.15, -0.1) is 0 Å². The van der Waals surface area contributed by atoms with Gasteiger partial charge in [0.25, 0.3) is 0 Å². The first-order chi connectivity index (χ1) is 4.59. The quantitative estimate of drug-likeness (QED) is 0.460. The molecule has 0 saturated carbocycles. The maximum absolute atomic E-state index is 10.1. The lowest BCUT2D eigenvalue weighted by Gasteiger charge is -2.09. The van der Waals surface area contributed by atoms with Gasteiger partial charge in [-0.3, -0.25) is 4.79 Å². The van der Waals surface area contributed by atoms with Gasteiger partial charge in [0.05, 0.1) is 6.10 Å². The molecule has 58 valence electrons. The number of aliphatic hydroxyl groups excluding tert-OH is 1. The van der Waals surface area contributed by atoms with Gasteiger partial charge in [0.1, 0.15) is 6.04 Å².